The van der Waals surface area contributed by atoms with E-state index in [0.29, 0.717) is 24.8 Å². The molecule has 2 aliphatic rings. The minimum absolute atomic E-state index is 0.205. The molecular weight excluding hydrogens is 306 g/mol. The number of ether oxygens (including phenoxy) is 2. The summed E-state index contributed by atoms with van der Waals surface area (Å²) in [5, 5.41) is 2.75. The predicted molar refractivity (Wildman–Crippen MR) is 89.4 cm³/mol. The fourth-order valence-electron chi connectivity index (χ4n) is 4.08. The average Bonchev–Trinajstić information content (AvgIpc) is 3.21. The molecule has 3 rings (SSSR count). The summed E-state index contributed by atoms with van der Waals surface area (Å²) in [6.07, 6.45) is 5.47. The predicted octanol–water partition coefficient (Wildman–Crippen LogP) is 2.68. The summed E-state index contributed by atoms with van der Waals surface area (Å²) in [7, 11) is 1.60. The second kappa shape index (κ2) is 7.69. The average molecular weight is 331 g/mol. The second-order valence-corrected chi connectivity index (χ2v) is 6.93. The van der Waals surface area contributed by atoms with Gasteiger partial charge in [0.15, 0.2) is 6.61 Å². The molecule has 0 radical (unpaired) electrons. The molecule has 1 aromatic carbocycles. The zero-order valence-electron chi connectivity index (χ0n) is 14.1. The van der Waals surface area contributed by atoms with E-state index in [1.807, 2.05) is 24.3 Å². The fourth-order valence-corrected chi connectivity index (χ4v) is 4.08. The topological polar surface area (TPSA) is 64.6 Å². The van der Waals surface area contributed by atoms with Crippen LogP contribution in [0.15, 0.2) is 24.3 Å². The number of carbonyl (C=O) groups excluding carboxylic acids is 2. The minimum atomic E-state index is -0.279. The van der Waals surface area contributed by atoms with Crippen LogP contribution in [0.25, 0.3) is 0 Å². The Morgan fingerprint density at radius 1 is 1.25 bits per heavy atom. The summed E-state index contributed by atoms with van der Waals surface area (Å²) >= 11 is 0. The zero-order valence-corrected chi connectivity index (χ0v) is 14.1. The highest BCUT2D eigenvalue weighted by atomic mass is 16.5. The summed E-state index contributed by atoms with van der Waals surface area (Å²) in [6.45, 7) is 0.184. The largest absolute Gasteiger partial charge is 0.497 e. The first kappa shape index (κ1) is 16.8. The lowest BCUT2D eigenvalue weighted by molar-refractivity contribution is -0.149. The molecule has 0 aromatic heterocycles. The van der Waals surface area contributed by atoms with E-state index >= 15 is 0 Å². The quantitative estimate of drug-likeness (QED) is 0.780. The molecule has 0 spiro atoms. The Morgan fingerprint density at radius 2 is 2.12 bits per heavy atom. The van der Waals surface area contributed by atoms with Gasteiger partial charge in [0.05, 0.1) is 7.11 Å². The van der Waals surface area contributed by atoms with Gasteiger partial charge in [0.25, 0.3) is 5.91 Å². The number of benzene rings is 1. The van der Waals surface area contributed by atoms with Gasteiger partial charge in [-0.3, -0.25) is 9.59 Å². The van der Waals surface area contributed by atoms with Crippen molar-refractivity contribution >= 4 is 11.9 Å². The van der Waals surface area contributed by atoms with Crippen LogP contribution in [-0.4, -0.2) is 25.6 Å². The van der Waals surface area contributed by atoms with Gasteiger partial charge < -0.3 is 14.8 Å². The number of fused-ring (bicyclic) bond motifs is 2. The van der Waals surface area contributed by atoms with E-state index in [1.165, 1.54) is 19.3 Å². The standard InChI is InChI=1S/C19H25NO4/c1-23-17-4-2-3-14(9-17)11-20-18(21)12-24-19(22)10-16-8-13-5-6-15(16)7-13/h2-4,9,13,15-16H,5-8,10-12H2,1H3,(H,20,21). The SMILES string of the molecule is COc1cccc(CNC(=O)COC(=O)CC2CC3CCC2C3)c1. The van der Waals surface area contributed by atoms with Gasteiger partial charge in [-0.25, -0.2) is 0 Å². The molecule has 2 aliphatic carbocycles. The van der Waals surface area contributed by atoms with E-state index in [4.69, 9.17) is 9.47 Å². The number of hydrogen-bond acceptors (Lipinski definition) is 4. The number of methoxy groups -OCH3 is 1. The number of hydrogen-bond donors (Lipinski definition) is 1. The third-order valence-electron chi connectivity index (χ3n) is 5.30. The van der Waals surface area contributed by atoms with E-state index < -0.39 is 0 Å². The van der Waals surface area contributed by atoms with Crippen LogP contribution in [0.3, 0.4) is 0 Å². The van der Waals surface area contributed by atoms with E-state index in [0.717, 1.165) is 23.7 Å². The van der Waals surface area contributed by atoms with Crippen LogP contribution >= 0.6 is 0 Å². The van der Waals surface area contributed by atoms with Crippen LogP contribution in [0.1, 0.15) is 37.7 Å². The molecular formula is C19H25NO4. The monoisotopic (exact) mass is 331 g/mol. The fraction of sp³-hybridized carbons (Fsp3) is 0.579. The van der Waals surface area contributed by atoms with E-state index in [1.54, 1.807) is 7.11 Å². The molecule has 2 fully saturated rings. The molecule has 1 N–H and O–H groups in total. The zero-order chi connectivity index (χ0) is 16.9. The number of amides is 1. The molecule has 5 nitrogen and oxygen atoms in total. The normalized spacial score (nSPS) is 24.6. The number of esters is 1. The van der Waals surface area contributed by atoms with Crippen LogP contribution in [0.4, 0.5) is 0 Å². The maximum absolute atomic E-state index is 11.9. The first-order chi connectivity index (χ1) is 11.6. The van der Waals surface area contributed by atoms with Crippen molar-refractivity contribution in [1.29, 1.82) is 0 Å². The maximum atomic E-state index is 11.9. The highest BCUT2D eigenvalue weighted by molar-refractivity contribution is 5.80. The van der Waals surface area contributed by atoms with E-state index in [-0.39, 0.29) is 18.5 Å². The van der Waals surface area contributed by atoms with Crippen molar-refractivity contribution in [2.24, 2.45) is 17.8 Å². The maximum Gasteiger partial charge on any atom is 0.306 e. The van der Waals surface area contributed by atoms with Crippen LogP contribution in [0, 0.1) is 17.8 Å². The molecule has 0 aliphatic heterocycles. The molecule has 3 atom stereocenters. The number of carbonyl (C=O) groups is 2. The molecule has 24 heavy (non-hydrogen) atoms. The molecule has 1 amide bonds. The van der Waals surface area contributed by atoms with Crippen molar-refractivity contribution in [2.75, 3.05) is 13.7 Å². The van der Waals surface area contributed by atoms with Gasteiger partial charge in [0.2, 0.25) is 0 Å². The molecule has 0 heterocycles. The Balaban J connectivity index is 1.35. The van der Waals surface area contributed by atoms with Crippen molar-refractivity contribution < 1.29 is 19.1 Å². The Labute approximate surface area is 142 Å². The molecule has 1 aromatic rings. The summed E-state index contributed by atoms with van der Waals surface area (Å²) in [5.41, 5.74) is 0.941. The summed E-state index contributed by atoms with van der Waals surface area (Å²) < 4.78 is 10.3. The molecule has 5 heteroatoms. The van der Waals surface area contributed by atoms with Crippen molar-refractivity contribution in [3.8, 4) is 5.75 Å². The van der Waals surface area contributed by atoms with Crippen molar-refractivity contribution in [3.05, 3.63) is 29.8 Å². The van der Waals surface area contributed by atoms with Gasteiger partial charge in [-0.1, -0.05) is 18.6 Å². The smallest absolute Gasteiger partial charge is 0.306 e. The lowest BCUT2D eigenvalue weighted by Crippen LogP contribution is -2.29. The van der Waals surface area contributed by atoms with Gasteiger partial charge >= 0.3 is 5.97 Å². The first-order valence-corrected chi connectivity index (χ1v) is 8.69. The molecule has 3 unspecified atom stereocenters. The van der Waals surface area contributed by atoms with Crippen LogP contribution in [0.5, 0.6) is 5.75 Å². The highest BCUT2D eigenvalue weighted by Gasteiger charge is 2.40. The molecule has 2 saturated carbocycles. The highest BCUT2D eigenvalue weighted by Crippen LogP contribution is 2.49. The molecule has 2 bridgehead atoms. The Hall–Kier alpha value is -2.04. The van der Waals surface area contributed by atoms with Crippen molar-refractivity contribution in [2.45, 2.75) is 38.6 Å². The lowest BCUT2D eigenvalue weighted by atomic mass is 9.86. The summed E-state index contributed by atoms with van der Waals surface area (Å²) in [5.74, 6) is 2.21. The van der Waals surface area contributed by atoms with Crippen molar-refractivity contribution in [1.82, 2.24) is 5.32 Å². The lowest BCUT2D eigenvalue weighted by Gasteiger charge is -2.20. The minimum Gasteiger partial charge on any atom is -0.497 e. The Kier molecular flexibility index (Phi) is 5.38. The Bertz CT molecular complexity index is 601. The van der Waals surface area contributed by atoms with E-state index in [2.05, 4.69) is 5.32 Å². The van der Waals surface area contributed by atoms with Gasteiger partial charge in [0.1, 0.15) is 5.75 Å². The van der Waals surface area contributed by atoms with Crippen LogP contribution in [0.2, 0.25) is 0 Å². The number of rotatable bonds is 7. The van der Waals surface area contributed by atoms with Gasteiger partial charge in [-0.05, 0) is 54.7 Å². The second-order valence-electron chi connectivity index (χ2n) is 6.93. The molecule has 0 saturated heterocycles. The first-order valence-electron chi connectivity index (χ1n) is 8.69. The molecule has 130 valence electrons. The van der Waals surface area contributed by atoms with Crippen molar-refractivity contribution in [3.63, 3.8) is 0 Å². The van der Waals surface area contributed by atoms with Gasteiger partial charge in [-0.15, -0.1) is 0 Å². The summed E-state index contributed by atoms with van der Waals surface area (Å²) in [4.78, 5) is 23.7. The third kappa shape index (κ3) is 4.28. The third-order valence-corrected chi connectivity index (χ3v) is 5.30. The van der Waals surface area contributed by atoms with Gasteiger partial charge in [-0.2, -0.15) is 0 Å². The number of nitrogens with one attached hydrogen (secondary N) is 1. The van der Waals surface area contributed by atoms with Crippen LogP contribution in [-0.2, 0) is 20.9 Å². The summed E-state index contributed by atoms with van der Waals surface area (Å²) in [6, 6.07) is 7.49. The van der Waals surface area contributed by atoms with Gasteiger partial charge in [0, 0.05) is 13.0 Å². The Morgan fingerprint density at radius 3 is 2.83 bits per heavy atom. The van der Waals surface area contributed by atoms with Crippen LogP contribution < -0.4 is 10.1 Å². The van der Waals surface area contributed by atoms with E-state index in [9.17, 15) is 9.59 Å².